The number of hydrogen-bond acceptors (Lipinski definition) is 4. The minimum atomic E-state index is 0.500. The molecule has 0 aliphatic carbocycles. The normalized spacial score (nSPS) is 10.9. The summed E-state index contributed by atoms with van der Waals surface area (Å²) in [5, 5.41) is 1.08. The van der Waals surface area contributed by atoms with E-state index in [0.717, 1.165) is 28.8 Å². The van der Waals surface area contributed by atoms with Crippen LogP contribution < -0.4 is 10.6 Å². The van der Waals surface area contributed by atoms with Crippen LogP contribution in [0.25, 0.3) is 10.9 Å². The van der Waals surface area contributed by atoms with Gasteiger partial charge in [0, 0.05) is 25.6 Å². The van der Waals surface area contributed by atoms with Crippen LogP contribution in [0.4, 0.5) is 17.2 Å². The predicted octanol–water partition coefficient (Wildman–Crippen LogP) is 2.65. The molecule has 0 atom stereocenters. The molecule has 2 N–H and O–H groups in total. The van der Waals surface area contributed by atoms with Gasteiger partial charge in [-0.3, -0.25) is 0 Å². The van der Waals surface area contributed by atoms with E-state index < -0.39 is 0 Å². The quantitative estimate of drug-likeness (QED) is 0.485. The molecule has 1 aromatic heterocycles. The fourth-order valence-electron chi connectivity index (χ4n) is 2.49. The van der Waals surface area contributed by atoms with Crippen LogP contribution in [0, 0.1) is 0 Å². The molecule has 0 saturated carbocycles. The molecular weight excluding hydrogens is 276 g/mol. The third-order valence-electron chi connectivity index (χ3n) is 3.75. The third-order valence-corrected chi connectivity index (χ3v) is 3.75. The second-order valence-electron chi connectivity index (χ2n) is 5.19. The zero-order chi connectivity index (χ0) is 16.1. The van der Waals surface area contributed by atoms with Crippen LogP contribution in [0.15, 0.2) is 24.3 Å². The molecule has 0 bridgehead atoms. The molecule has 2 rings (SSSR count). The molecule has 0 fully saturated rings. The zero-order valence-corrected chi connectivity index (χ0v) is 13.7. The van der Waals surface area contributed by atoms with Crippen LogP contribution in [-0.2, 0) is 4.74 Å². The minimum Gasteiger partial charge on any atom is -0.378 e. The molecule has 22 heavy (non-hydrogen) atoms. The average molecular weight is 301 g/mol. The Labute approximate surface area is 132 Å². The number of benzene rings is 1. The van der Waals surface area contributed by atoms with E-state index in [2.05, 4.69) is 36.6 Å². The molecule has 2 aromatic rings. The molecule has 118 valence electrons. The average Bonchev–Trinajstić information content (AvgIpc) is 2.52. The number of rotatable bonds is 7. The highest BCUT2D eigenvalue weighted by atomic mass is 16.5. The molecule has 1 heterocycles. The molecular formula is C17H25N4O+. The van der Waals surface area contributed by atoms with Crippen LogP contribution >= 0.6 is 0 Å². The minimum absolute atomic E-state index is 0.500. The molecule has 5 heteroatoms. The van der Waals surface area contributed by atoms with Crippen LogP contribution in [0.2, 0.25) is 0 Å². The van der Waals surface area contributed by atoms with Gasteiger partial charge in [0.25, 0.3) is 5.69 Å². The second kappa shape index (κ2) is 7.22. The first-order valence-corrected chi connectivity index (χ1v) is 7.65. The molecule has 0 saturated heterocycles. The Hall–Kier alpha value is -2.14. The van der Waals surface area contributed by atoms with Crippen LogP contribution in [0.3, 0.4) is 0 Å². The van der Waals surface area contributed by atoms with Gasteiger partial charge in [0.1, 0.15) is 19.0 Å². The number of anilines is 2. The summed E-state index contributed by atoms with van der Waals surface area (Å²) >= 11 is 0. The summed E-state index contributed by atoms with van der Waals surface area (Å²) in [6, 6.07) is 8.05. The smallest absolute Gasteiger partial charge is 0.271 e. The highest BCUT2D eigenvalue weighted by Crippen LogP contribution is 2.38. The molecule has 0 radical (unpaired) electrons. The number of pyridine rings is 1. The second-order valence-corrected chi connectivity index (χ2v) is 5.19. The largest absolute Gasteiger partial charge is 0.378 e. The van der Waals surface area contributed by atoms with E-state index in [9.17, 15) is 0 Å². The summed E-state index contributed by atoms with van der Waals surface area (Å²) in [5.41, 5.74) is 9.06. The van der Waals surface area contributed by atoms with Gasteiger partial charge in [-0.2, -0.15) is 4.58 Å². The van der Waals surface area contributed by atoms with Gasteiger partial charge in [0.2, 0.25) is 0 Å². The highest BCUT2D eigenvalue weighted by molar-refractivity contribution is 5.99. The number of ether oxygens (including phenoxy) is 1. The summed E-state index contributed by atoms with van der Waals surface area (Å²) in [6.07, 6.45) is 0. The van der Waals surface area contributed by atoms with Gasteiger partial charge in [0.05, 0.1) is 5.52 Å². The van der Waals surface area contributed by atoms with Gasteiger partial charge in [-0.1, -0.05) is 18.2 Å². The van der Waals surface area contributed by atoms with Gasteiger partial charge >= 0.3 is 0 Å². The Morgan fingerprint density at radius 3 is 2.73 bits per heavy atom. The van der Waals surface area contributed by atoms with Crippen molar-refractivity contribution in [1.29, 1.82) is 0 Å². The maximum atomic E-state index is 6.22. The maximum absolute atomic E-state index is 6.22. The Balaban J connectivity index is 2.56. The molecule has 0 aliphatic heterocycles. The van der Waals surface area contributed by atoms with E-state index in [1.165, 1.54) is 0 Å². The number of nitrogens with two attached hydrogens (primary N) is 1. The van der Waals surface area contributed by atoms with E-state index in [1.807, 2.05) is 29.7 Å². The third kappa shape index (κ3) is 3.20. The number of aromatic nitrogens is 1. The first-order valence-electron chi connectivity index (χ1n) is 7.65. The summed E-state index contributed by atoms with van der Waals surface area (Å²) < 4.78 is 7.30. The van der Waals surface area contributed by atoms with Crippen LogP contribution in [-0.4, -0.2) is 49.6 Å². The molecule has 5 nitrogen and oxygen atoms in total. The molecule has 0 amide bonds. The van der Waals surface area contributed by atoms with E-state index in [-0.39, 0.29) is 0 Å². The van der Waals surface area contributed by atoms with Crippen molar-refractivity contribution in [3.05, 3.63) is 24.3 Å². The van der Waals surface area contributed by atoms with E-state index >= 15 is 0 Å². The van der Waals surface area contributed by atoms with Crippen molar-refractivity contribution in [2.24, 2.45) is 0 Å². The Kier molecular flexibility index (Phi) is 5.33. The van der Waals surface area contributed by atoms with E-state index in [4.69, 9.17) is 10.5 Å². The monoisotopic (exact) mass is 301 g/mol. The lowest BCUT2D eigenvalue weighted by Gasteiger charge is -2.21. The van der Waals surface area contributed by atoms with Crippen molar-refractivity contribution in [2.45, 2.75) is 13.8 Å². The zero-order valence-electron chi connectivity index (χ0n) is 13.7. The first-order chi connectivity index (χ1) is 10.6. The van der Waals surface area contributed by atoms with E-state index in [0.29, 0.717) is 25.6 Å². The molecule has 0 spiro atoms. The fraction of sp³-hybridized carbons (Fsp3) is 0.412. The van der Waals surface area contributed by atoms with Gasteiger partial charge in [-0.25, -0.2) is 4.98 Å². The van der Waals surface area contributed by atoms with Crippen molar-refractivity contribution in [3.8, 4) is 0 Å². The predicted molar refractivity (Wildman–Crippen MR) is 93.5 cm³/mol. The first kappa shape index (κ1) is 16.2. The Bertz CT molecular complexity index is 669. The van der Waals surface area contributed by atoms with Crippen molar-refractivity contribution in [3.63, 3.8) is 0 Å². The summed E-state index contributed by atoms with van der Waals surface area (Å²) in [4.78, 5) is 6.71. The van der Waals surface area contributed by atoms with Gasteiger partial charge in [-0.15, -0.1) is 0 Å². The van der Waals surface area contributed by atoms with Crippen molar-refractivity contribution >= 4 is 34.8 Å². The number of fused-ring (bicyclic) bond motifs is 1. The topological polar surface area (TPSA) is 54.4 Å². The highest BCUT2D eigenvalue weighted by Gasteiger charge is 2.24. The lowest BCUT2D eigenvalue weighted by Crippen LogP contribution is -2.21. The summed E-state index contributed by atoms with van der Waals surface area (Å²) in [6.45, 7) is 11.1. The van der Waals surface area contributed by atoms with Crippen molar-refractivity contribution in [1.82, 2.24) is 4.98 Å². The molecule has 1 aromatic carbocycles. The lowest BCUT2D eigenvalue weighted by molar-refractivity contribution is -0.434. The fourth-order valence-corrected chi connectivity index (χ4v) is 2.49. The lowest BCUT2D eigenvalue weighted by atomic mass is 10.1. The maximum Gasteiger partial charge on any atom is 0.271 e. The van der Waals surface area contributed by atoms with Gasteiger partial charge < -0.3 is 15.4 Å². The number of hydrogen-bond donors (Lipinski definition) is 1. The van der Waals surface area contributed by atoms with Gasteiger partial charge in [0.15, 0.2) is 12.4 Å². The number of para-hydroxylation sites is 1. The Morgan fingerprint density at radius 1 is 1.32 bits per heavy atom. The van der Waals surface area contributed by atoms with Crippen LogP contribution in [0.5, 0.6) is 0 Å². The summed E-state index contributed by atoms with van der Waals surface area (Å²) in [7, 11) is 2.06. The molecule has 0 unspecified atom stereocenters. The number of nitrogens with zero attached hydrogens (tertiary/aromatic N) is 3. The van der Waals surface area contributed by atoms with Gasteiger partial charge in [-0.05, 0) is 19.9 Å². The summed E-state index contributed by atoms with van der Waals surface area (Å²) in [5.74, 6) is 0.500. The van der Waals surface area contributed by atoms with Crippen LogP contribution in [0.1, 0.15) is 13.8 Å². The SMILES string of the molecule is C=[N+](CCOCC)c1c(N)nc2ccccc2c1N(C)CC. The van der Waals surface area contributed by atoms with Crippen molar-refractivity contribution in [2.75, 3.05) is 44.0 Å². The standard InChI is InChI=1S/C17H25N4O/c1-5-20(3)15-13-9-7-8-10-14(13)19-17(18)16(15)21(4)11-12-22-6-2/h7-10H,4-6,11-12H2,1-3H3,(H2,18,19)/q+1. The number of nitrogen functional groups attached to an aromatic ring is 1. The van der Waals surface area contributed by atoms with E-state index in [1.54, 1.807) is 0 Å². The van der Waals surface area contributed by atoms with Crippen molar-refractivity contribution < 1.29 is 9.31 Å². The Morgan fingerprint density at radius 2 is 2.05 bits per heavy atom. The molecule has 0 aliphatic rings.